The van der Waals surface area contributed by atoms with Crippen LogP contribution in [0.3, 0.4) is 0 Å². The molecule has 0 saturated heterocycles. The Bertz CT molecular complexity index is 594. The first-order valence-corrected chi connectivity index (χ1v) is 6.53. The number of halogens is 1. The maximum absolute atomic E-state index is 8.48. The highest BCUT2D eigenvalue weighted by Gasteiger charge is 2.01. The second kappa shape index (κ2) is 6.71. The van der Waals surface area contributed by atoms with Crippen molar-refractivity contribution in [2.75, 3.05) is 17.2 Å². The van der Waals surface area contributed by atoms with E-state index in [0.717, 1.165) is 10.2 Å². The summed E-state index contributed by atoms with van der Waals surface area (Å²) in [6.45, 7) is 0.571. The van der Waals surface area contributed by atoms with Gasteiger partial charge in [0.2, 0.25) is 0 Å². The van der Waals surface area contributed by atoms with E-state index in [1.807, 2.05) is 24.3 Å². The van der Waals surface area contributed by atoms with Gasteiger partial charge in [0, 0.05) is 17.1 Å². The second-order valence-electron chi connectivity index (χ2n) is 3.73. The lowest BCUT2D eigenvalue weighted by atomic mass is 10.3. The van der Waals surface area contributed by atoms with Gasteiger partial charge in [0.1, 0.15) is 18.0 Å². The SMILES string of the molecule is N#CCCNc1cc(Nc2ccccc2Br)ncn1. The fourth-order valence-electron chi connectivity index (χ4n) is 1.47. The Morgan fingerprint density at radius 1 is 1.21 bits per heavy atom. The Morgan fingerprint density at radius 3 is 2.79 bits per heavy atom. The summed E-state index contributed by atoms with van der Waals surface area (Å²) >= 11 is 3.47. The molecular weight excluding hydrogens is 306 g/mol. The molecule has 0 saturated carbocycles. The Labute approximate surface area is 119 Å². The molecule has 0 spiro atoms. The van der Waals surface area contributed by atoms with Crippen molar-refractivity contribution in [3.63, 3.8) is 0 Å². The third-order valence-electron chi connectivity index (χ3n) is 2.35. The first kappa shape index (κ1) is 13.3. The standard InChI is InChI=1S/C13H12BrN5/c14-10-4-1-2-5-11(10)19-13-8-12(17-9-18-13)16-7-3-6-15/h1-2,4-5,8-9H,3,7H2,(H2,16,17,18,19). The van der Waals surface area contributed by atoms with Gasteiger partial charge in [-0.15, -0.1) is 0 Å². The number of hydrogen-bond donors (Lipinski definition) is 2. The number of rotatable bonds is 5. The zero-order valence-electron chi connectivity index (χ0n) is 10.1. The van der Waals surface area contributed by atoms with Crippen molar-refractivity contribution in [3.8, 4) is 6.07 Å². The molecule has 1 heterocycles. The highest BCUT2D eigenvalue weighted by atomic mass is 79.9. The number of nitrogens with one attached hydrogen (secondary N) is 2. The third-order valence-corrected chi connectivity index (χ3v) is 3.04. The zero-order valence-corrected chi connectivity index (χ0v) is 11.7. The fourth-order valence-corrected chi connectivity index (χ4v) is 1.85. The molecule has 2 N–H and O–H groups in total. The van der Waals surface area contributed by atoms with Gasteiger partial charge < -0.3 is 10.6 Å². The van der Waals surface area contributed by atoms with E-state index in [2.05, 4.69) is 42.6 Å². The molecule has 6 heteroatoms. The van der Waals surface area contributed by atoms with Crippen molar-refractivity contribution in [2.45, 2.75) is 6.42 Å². The zero-order chi connectivity index (χ0) is 13.5. The number of nitrogens with zero attached hydrogens (tertiary/aromatic N) is 3. The molecule has 96 valence electrons. The van der Waals surface area contributed by atoms with Crippen molar-refractivity contribution in [1.29, 1.82) is 5.26 Å². The number of para-hydroxylation sites is 1. The predicted molar refractivity (Wildman–Crippen MR) is 78.2 cm³/mol. The molecule has 0 bridgehead atoms. The summed E-state index contributed by atoms with van der Waals surface area (Å²) in [5.74, 6) is 1.39. The van der Waals surface area contributed by atoms with E-state index in [1.54, 1.807) is 6.07 Å². The molecule has 1 aromatic carbocycles. The summed E-state index contributed by atoms with van der Waals surface area (Å²) in [6.07, 6.45) is 1.92. The van der Waals surface area contributed by atoms with Crippen LogP contribution in [0, 0.1) is 11.3 Å². The lowest BCUT2D eigenvalue weighted by molar-refractivity contribution is 1.04. The summed E-state index contributed by atoms with van der Waals surface area (Å²) in [7, 11) is 0. The number of benzene rings is 1. The van der Waals surface area contributed by atoms with Crippen LogP contribution in [0.4, 0.5) is 17.3 Å². The number of hydrogen-bond acceptors (Lipinski definition) is 5. The summed E-state index contributed by atoms with van der Waals surface area (Å²) in [5, 5.41) is 14.7. The number of nitriles is 1. The van der Waals surface area contributed by atoms with Crippen LogP contribution in [0.1, 0.15) is 6.42 Å². The van der Waals surface area contributed by atoms with E-state index >= 15 is 0 Å². The van der Waals surface area contributed by atoms with Crippen molar-refractivity contribution < 1.29 is 0 Å². The molecule has 0 amide bonds. The van der Waals surface area contributed by atoms with Crippen LogP contribution < -0.4 is 10.6 Å². The Morgan fingerprint density at radius 2 is 2.00 bits per heavy atom. The molecule has 0 aliphatic carbocycles. The Hall–Kier alpha value is -2.13. The summed E-state index contributed by atoms with van der Waals surface area (Å²) in [5.41, 5.74) is 0.934. The van der Waals surface area contributed by atoms with Gasteiger partial charge >= 0.3 is 0 Å². The van der Waals surface area contributed by atoms with Gasteiger partial charge in [0.05, 0.1) is 18.2 Å². The van der Waals surface area contributed by atoms with Gasteiger partial charge in [-0.05, 0) is 28.1 Å². The van der Waals surface area contributed by atoms with Gasteiger partial charge in [-0.2, -0.15) is 5.26 Å². The molecule has 2 rings (SSSR count). The molecule has 19 heavy (non-hydrogen) atoms. The van der Waals surface area contributed by atoms with Crippen LogP contribution in [-0.4, -0.2) is 16.5 Å². The molecule has 0 atom stereocenters. The highest BCUT2D eigenvalue weighted by Crippen LogP contribution is 2.24. The largest absolute Gasteiger partial charge is 0.369 e. The second-order valence-corrected chi connectivity index (χ2v) is 4.58. The van der Waals surface area contributed by atoms with Crippen LogP contribution >= 0.6 is 15.9 Å². The van der Waals surface area contributed by atoms with Gasteiger partial charge in [0.15, 0.2) is 0 Å². The van der Waals surface area contributed by atoms with E-state index in [0.29, 0.717) is 24.6 Å². The lowest BCUT2D eigenvalue weighted by Gasteiger charge is -2.09. The summed E-state index contributed by atoms with van der Waals surface area (Å²) < 4.78 is 0.965. The third kappa shape index (κ3) is 3.93. The molecule has 0 aliphatic rings. The van der Waals surface area contributed by atoms with E-state index in [-0.39, 0.29) is 0 Å². The maximum Gasteiger partial charge on any atom is 0.135 e. The highest BCUT2D eigenvalue weighted by molar-refractivity contribution is 9.10. The van der Waals surface area contributed by atoms with Gasteiger partial charge in [-0.1, -0.05) is 12.1 Å². The normalized spacial score (nSPS) is 9.68. The summed E-state index contributed by atoms with van der Waals surface area (Å²) in [6, 6.07) is 11.7. The molecule has 1 aromatic heterocycles. The first-order chi connectivity index (χ1) is 9.29. The minimum atomic E-state index is 0.441. The smallest absolute Gasteiger partial charge is 0.135 e. The molecule has 0 aliphatic heterocycles. The van der Waals surface area contributed by atoms with Crippen LogP contribution in [0.5, 0.6) is 0 Å². The molecular formula is C13H12BrN5. The molecule has 5 nitrogen and oxygen atoms in total. The topological polar surface area (TPSA) is 73.6 Å². The molecule has 0 radical (unpaired) electrons. The minimum Gasteiger partial charge on any atom is -0.369 e. The number of aromatic nitrogens is 2. The van der Waals surface area contributed by atoms with E-state index in [1.165, 1.54) is 6.33 Å². The quantitative estimate of drug-likeness (QED) is 0.828. The van der Waals surface area contributed by atoms with Gasteiger partial charge in [-0.25, -0.2) is 9.97 Å². The van der Waals surface area contributed by atoms with E-state index in [4.69, 9.17) is 5.26 Å². The van der Waals surface area contributed by atoms with Crippen LogP contribution in [0.15, 0.2) is 41.1 Å². The van der Waals surface area contributed by atoms with Gasteiger partial charge in [0.25, 0.3) is 0 Å². The van der Waals surface area contributed by atoms with Crippen molar-refractivity contribution in [1.82, 2.24) is 9.97 Å². The predicted octanol–water partition coefficient (Wildman–Crippen LogP) is 3.31. The maximum atomic E-state index is 8.48. The van der Waals surface area contributed by atoms with Crippen molar-refractivity contribution in [2.24, 2.45) is 0 Å². The van der Waals surface area contributed by atoms with Crippen molar-refractivity contribution >= 4 is 33.3 Å². The van der Waals surface area contributed by atoms with E-state index < -0.39 is 0 Å². The first-order valence-electron chi connectivity index (χ1n) is 5.74. The minimum absolute atomic E-state index is 0.441. The summed E-state index contributed by atoms with van der Waals surface area (Å²) in [4.78, 5) is 8.25. The average molecular weight is 318 g/mol. The van der Waals surface area contributed by atoms with Crippen LogP contribution in [0.25, 0.3) is 0 Å². The molecule has 0 fully saturated rings. The van der Waals surface area contributed by atoms with E-state index in [9.17, 15) is 0 Å². The Balaban J connectivity index is 2.07. The average Bonchev–Trinajstić information content (AvgIpc) is 2.42. The van der Waals surface area contributed by atoms with Crippen LogP contribution in [0.2, 0.25) is 0 Å². The molecule has 2 aromatic rings. The molecule has 0 unspecified atom stereocenters. The number of anilines is 3. The van der Waals surface area contributed by atoms with Gasteiger partial charge in [-0.3, -0.25) is 0 Å². The van der Waals surface area contributed by atoms with Crippen LogP contribution in [-0.2, 0) is 0 Å². The monoisotopic (exact) mass is 317 g/mol. The lowest BCUT2D eigenvalue weighted by Crippen LogP contribution is -2.04. The Kier molecular flexibility index (Phi) is 4.70. The van der Waals surface area contributed by atoms with Crippen molar-refractivity contribution in [3.05, 3.63) is 41.1 Å². The fraction of sp³-hybridized carbons (Fsp3) is 0.154.